The van der Waals surface area contributed by atoms with Crippen LogP contribution in [0.15, 0.2) is 51.7 Å². The lowest BCUT2D eigenvalue weighted by Crippen LogP contribution is -2.29. The van der Waals surface area contributed by atoms with Crippen LogP contribution >= 0.6 is 0 Å². The average Bonchev–Trinajstić information content (AvgIpc) is 2.96. The van der Waals surface area contributed by atoms with Gasteiger partial charge in [0.05, 0.1) is 23.2 Å². The van der Waals surface area contributed by atoms with Crippen molar-refractivity contribution >= 4 is 28.4 Å². The standard InChI is InChI=1S/C17H15N3O6/c1-10(19-13-5-3-4-6-15(13)26-17(19)22)16(21)18-12-9-11(20(23)24)7-8-14(12)25-2/h3-10H,1-2H3,(H,18,21). The molecule has 1 aromatic heterocycles. The number of hydrogen-bond donors (Lipinski definition) is 1. The van der Waals surface area contributed by atoms with Crippen LogP contribution in [-0.4, -0.2) is 22.5 Å². The van der Waals surface area contributed by atoms with Crippen molar-refractivity contribution in [3.63, 3.8) is 0 Å². The van der Waals surface area contributed by atoms with Gasteiger partial charge in [0.2, 0.25) is 5.91 Å². The van der Waals surface area contributed by atoms with Gasteiger partial charge in [0.1, 0.15) is 11.8 Å². The van der Waals surface area contributed by atoms with Crippen LogP contribution in [0.3, 0.4) is 0 Å². The van der Waals surface area contributed by atoms with Gasteiger partial charge < -0.3 is 14.5 Å². The van der Waals surface area contributed by atoms with Gasteiger partial charge in [-0.1, -0.05) is 12.1 Å². The number of carbonyl (C=O) groups is 1. The van der Waals surface area contributed by atoms with Gasteiger partial charge in [0, 0.05) is 12.1 Å². The van der Waals surface area contributed by atoms with Crippen LogP contribution in [0.5, 0.6) is 5.75 Å². The second kappa shape index (κ2) is 6.71. The molecule has 0 saturated carbocycles. The lowest BCUT2D eigenvalue weighted by molar-refractivity contribution is -0.384. The quantitative estimate of drug-likeness (QED) is 0.554. The number of rotatable bonds is 5. The molecule has 134 valence electrons. The minimum Gasteiger partial charge on any atom is -0.495 e. The first-order valence-corrected chi connectivity index (χ1v) is 7.65. The summed E-state index contributed by atoms with van der Waals surface area (Å²) in [5.41, 5.74) is 0.787. The first-order chi connectivity index (χ1) is 12.4. The summed E-state index contributed by atoms with van der Waals surface area (Å²) in [4.78, 5) is 35.1. The number of aromatic nitrogens is 1. The molecule has 2 aromatic carbocycles. The second-order valence-corrected chi connectivity index (χ2v) is 5.51. The van der Waals surface area contributed by atoms with Crippen LogP contribution in [0, 0.1) is 10.1 Å². The van der Waals surface area contributed by atoms with Gasteiger partial charge in [-0.15, -0.1) is 0 Å². The number of ether oxygens (including phenoxy) is 1. The van der Waals surface area contributed by atoms with E-state index in [1.165, 1.54) is 36.8 Å². The summed E-state index contributed by atoms with van der Waals surface area (Å²) in [6, 6.07) is 9.68. The minimum atomic E-state index is -0.907. The third kappa shape index (κ3) is 3.02. The smallest absolute Gasteiger partial charge is 0.420 e. The molecule has 1 unspecified atom stereocenters. The molecule has 0 spiro atoms. The van der Waals surface area contributed by atoms with E-state index in [1.807, 2.05) is 0 Å². The highest BCUT2D eigenvalue weighted by molar-refractivity contribution is 5.96. The van der Waals surface area contributed by atoms with Crippen molar-refractivity contribution in [1.29, 1.82) is 0 Å². The van der Waals surface area contributed by atoms with E-state index in [-0.39, 0.29) is 17.1 Å². The van der Waals surface area contributed by atoms with Gasteiger partial charge >= 0.3 is 5.76 Å². The van der Waals surface area contributed by atoms with E-state index < -0.39 is 22.6 Å². The Bertz CT molecular complexity index is 1050. The first kappa shape index (κ1) is 17.2. The van der Waals surface area contributed by atoms with Crippen LogP contribution in [0.1, 0.15) is 13.0 Å². The van der Waals surface area contributed by atoms with Crippen molar-refractivity contribution in [3.8, 4) is 5.75 Å². The third-order valence-electron chi connectivity index (χ3n) is 3.94. The topological polar surface area (TPSA) is 117 Å². The fraction of sp³-hybridized carbons (Fsp3) is 0.176. The number of nitrogens with one attached hydrogen (secondary N) is 1. The highest BCUT2D eigenvalue weighted by Crippen LogP contribution is 2.29. The fourth-order valence-electron chi connectivity index (χ4n) is 2.61. The molecule has 26 heavy (non-hydrogen) atoms. The number of nitrogens with zero attached hydrogens (tertiary/aromatic N) is 2. The molecule has 1 heterocycles. The van der Waals surface area contributed by atoms with E-state index in [2.05, 4.69) is 5.32 Å². The van der Waals surface area contributed by atoms with Crippen LogP contribution in [0.2, 0.25) is 0 Å². The molecule has 0 aliphatic rings. The van der Waals surface area contributed by atoms with E-state index >= 15 is 0 Å². The summed E-state index contributed by atoms with van der Waals surface area (Å²) in [6.45, 7) is 1.53. The molecule has 9 nitrogen and oxygen atoms in total. The maximum Gasteiger partial charge on any atom is 0.420 e. The highest BCUT2D eigenvalue weighted by atomic mass is 16.6. The van der Waals surface area contributed by atoms with Gasteiger partial charge in [-0.25, -0.2) is 4.79 Å². The molecule has 0 radical (unpaired) electrons. The Morgan fingerprint density at radius 1 is 1.31 bits per heavy atom. The summed E-state index contributed by atoms with van der Waals surface area (Å²) >= 11 is 0. The average molecular weight is 357 g/mol. The molecule has 1 atom stereocenters. The number of methoxy groups -OCH3 is 1. The summed E-state index contributed by atoms with van der Waals surface area (Å²) in [6.07, 6.45) is 0. The molecule has 1 amide bonds. The molecule has 0 saturated heterocycles. The number of carbonyl (C=O) groups excluding carboxylic acids is 1. The van der Waals surface area contributed by atoms with Gasteiger partial charge in [-0.2, -0.15) is 0 Å². The molecule has 3 rings (SSSR count). The molecule has 0 aliphatic heterocycles. The SMILES string of the molecule is COc1ccc([N+](=O)[O-])cc1NC(=O)C(C)n1c(=O)oc2ccccc21. The van der Waals surface area contributed by atoms with Crippen molar-refractivity contribution < 1.29 is 18.9 Å². The van der Waals surface area contributed by atoms with E-state index in [0.717, 1.165) is 0 Å². The molecule has 1 N–H and O–H groups in total. The van der Waals surface area contributed by atoms with Crippen molar-refractivity contribution in [2.24, 2.45) is 0 Å². The Balaban J connectivity index is 1.95. The lowest BCUT2D eigenvalue weighted by Gasteiger charge is -2.15. The summed E-state index contributed by atoms with van der Waals surface area (Å²) in [5, 5.41) is 13.5. The van der Waals surface area contributed by atoms with Crippen LogP contribution in [-0.2, 0) is 4.79 Å². The fourth-order valence-corrected chi connectivity index (χ4v) is 2.61. The van der Waals surface area contributed by atoms with Crippen LogP contribution in [0.25, 0.3) is 11.1 Å². The largest absolute Gasteiger partial charge is 0.495 e. The van der Waals surface area contributed by atoms with Gasteiger partial charge in [0.25, 0.3) is 5.69 Å². The molecular weight excluding hydrogens is 342 g/mol. The Kier molecular flexibility index (Phi) is 4.44. The van der Waals surface area contributed by atoms with Gasteiger partial charge in [-0.05, 0) is 25.1 Å². The maximum atomic E-state index is 12.6. The monoisotopic (exact) mass is 357 g/mol. The predicted molar refractivity (Wildman–Crippen MR) is 93.5 cm³/mol. The molecule has 3 aromatic rings. The number of oxazole rings is 1. The predicted octanol–water partition coefficient (Wildman–Crippen LogP) is 2.71. The Morgan fingerprint density at radius 3 is 2.73 bits per heavy atom. The molecular formula is C17H15N3O6. The zero-order chi connectivity index (χ0) is 18.8. The summed E-state index contributed by atoms with van der Waals surface area (Å²) in [7, 11) is 1.38. The third-order valence-corrected chi connectivity index (χ3v) is 3.94. The highest BCUT2D eigenvalue weighted by Gasteiger charge is 2.23. The van der Waals surface area contributed by atoms with Gasteiger partial charge in [-0.3, -0.25) is 19.5 Å². The molecule has 9 heteroatoms. The van der Waals surface area contributed by atoms with Crippen molar-refractivity contribution in [1.82, 2.24) is 4.57 Å². The van der Waals surface area contributed by atoms with E-state index in [4.69, 9.17) is 9.15 Å². The Hall–Kier alpha value is -3.62. The number of non-ortho nitro benzene ring substituents is 1. The van der Waals surface area contributed by atoms with Crippen LogP contribution in [0.4, 0.5) is 11.4 Å². The first-order valence-electron chi connectivity index (χ1n) is 7.65. The lowest BCUT2D eigenvalue weighted by atomic mass is 10.2. The molecule has 0 fully saturated rings. The summed E-state index contributed by atoms with van der Waals surface area (Å²) < 4.78 is 11.5. The molecule has 0 bridgehead atoms. The Labute approximate surface area is 146 Å². The van der Waals surface area contributed by atoms with Crippen LogP contribution < -0.4 is 15.8 Å². The number of hydrogen-bond acceptors (Lipinski definition) is 6. The van der Waals surface area contributed by atoms with Crippen molar-refractivity contribution in [3.05, 3.63) is 63.1 Å². The number of nitro groups is 1. The van der Waals surface area contributed by atoms with E-state index in [1.54, 1.807) is 24.3 Å². The van der Waals surface area contributed by atoms with Crippen molar-refractivity contribution in [2.45, 2.75) is 13.0 Å². The van der Waals surface area contributed by atoms with Crippen molar-refractivity contribution in [2.75, 3.05) is 12.4 Å². The van der Waals surface area contributed by atoms with Gasteiger partial charge in [0.15, 0.2) is 5.58 Å². The van der Waals surface area contributed by atoms with E-state index in [9.17, 15) is 19.7 Å². The normalized spacial score (nSPS) is 11.9. The second-order valence-electron chi connectivity index (χ2n) is 5.51. The summed E-state index contributed by atoms with van der Waals surface area (Å²) in [5.74, 6) is -0.946. The van der Waals surface area contributed by atoms with E-state index in [0.29, 0.717) is 11.1 Å². The Morgan fingerprint density at radius 2 is 2.04 bits per heavy atom. The number of anilines is 1. The zero-order valence-electron chi connectivity index (χ0n) is 14.0. The number of benzene rings is 2. The molecule has 0 aliphatic carbocycles. The zero-order valence-corrected chi connectivity index (χ0v) is 14.0. The minimum absolute atomic E-state index is 0.138. The number of amides is 1. The number of nitro benzene ring substituents is 1. The number of para-hydroxylation sites is 2. The number of fused-ring (bicyclic) bond motifs is 1. The maximum absolute atomic E-state index is 12.6.